The summed E-state index contributed by atoms with van der Waals surface area (Å²) in [5.41, 5.74) is 4.68. The molecule has 120 valence electrons. The van der Waals surface area contributed by atoms with Crippen molar-refractivity contribution in [3.63, 3.8) is 0 Å². The number of aryl methyl sites for hydroxylation is 2. The Morgan fingerprint density at radius 2 is 1.70 bits per heavy atom. The van der Waals surface area contributed by atoms with Gasteiger partial charge in [-0.1, -0.05) is 43.7 Å². The van der Waals surface area contributed by atoms with Crippen LogP contribution in [-0.4, -0.2) is 6.61 Å². The van der Waals surface area contributed by atoms with Crippen LogP contribution in [0.4, 0.5) is 0 Å². The molecular formula is C22H26O. The fourth-order valence-electron chi connectivity index (χ4n) is 2.51. The van der Waals surface area contributed by atoms with E-state index in [1.54, 1.807) is 0 Å². The highest BCUT2D eigenvalue weighted by molar-refractivity contribution is 5.48. The van der Waals surface area contributed by atoms with Crippen molar-refractivity contribution in [3.8, 4) is 17.6 Å². The highest BCUT2D eigenvalue weighted by Crippen LogP contribution is 2.16. The summed E-state index contributed by atoms with van der Waals surface area (Å²) in [5.74, 6) is 7.43. The van der Waals surface area contributed by atoms with Crippen molar-refractivity contribution in [1.82, 2.24) is 0 Å². The predicted octanol–water partition coefficient (Wildman–Crippen LogP) is 5.53. The van der Waals surface area contributed by atoms with E-state index in [1.165, 1.54) is 31.2 Å². The minimum Gasteiger partial charge on any atom is -0.494 e. The Hall–Kier alpha value is -2.20. The molecule has 2 aromatic rings. The second-order valence-electron chi connectivity index (χ2n) is 5.81. The van der Waals surface area contributed by atoms with Crippen LogP contribution in [0.25, 0.3) is 0 Å². The van der Waals surface area contributed by atoms with E-state index in [2.05, 4.69) is 50.0 Å². The molecule has 23 heavy (non-hydrogen) atoms. The van der Waals surface area contributed by atoms with E-state index in [1.807, 2.05) is 25.1 Å². The van der Waals surface area contributed by atoms with Crippen molar-refractivity contribution < 1.29 is 4.74 Å². The van der Waals surface area contributed by atoms with Crippen LogP contribution < -0.4 is 4.74 Å². The van der Waals surface area contributed by atoms with Crippen molar-refractivity contribution in [2.75, 3.05) is 6.61 Å². The van der Waals surface area contributed by atoms with Gasteiger partial charge >= 0.3 is 0 Å². The Kier molecular flexibility index (Phi) is 6.76. The van der Waals surface area contributed by atoms with Crippen LogP contribution in [0.5, 0.6) is 5.75 Å². The van der Waals surface area contributed by atoms with Gasteiger partial charge in [-0.3, -0.25) is 0 Å². The summed E-state index contributed by atoms with van der Waals surface area (Å²) in [4.78, 5) is 0. The van der Waals surface area contributed by atoms with E-state index < -0.39 is 0 Å². The minimum absolute atomic E-state index is 0.690. The molecule has 1 nitrogen and oxygen atoms in total. The fraction of sp³-hybridized carbons (Fsp3) is 0.364. The Labute approximate surface area is 140 Å². The summed E-state index contributed by atoms with van der Waals surface area (Å²) in [5, 5.41) is 0. The molecule has 0 N–H and O–H groups in total. The van der Waals surface area contributed by atoms with Crippen LogP contribution in [0.15, 0.2) is 42.5 Å². The zero-order valence-corrected chi connectivity index (χ0v) is 14.5. The molecule has 2 rings (SSSR count). The zero-order chi connectivity index (χ0) is 16.5. The lowest BCUT2D eigenvalue weighted by molar-refractivity contribution is 0.340. The number of benzene rings is 2. The molecule has 0 aromatic heterocycles. The first-order chi connectivity index (χ1) is 11.2. The van der Waals surface area contributed by atoms with Gasteiger partial charge in [-0.15, -0.1) is 0 Å². The largest absolute Gasteiger partial charge is 0.494 e. The lowest BCUT2D eigenvalue weighted by Gasteiger charge is -2.05. The molecule has 0 spiro atoms. The molecule has 0 aliphatic carbocycles. The molecule has 1 heteroatoms. The van der Waals surface area contributed by atoms with Crippen LogP contribution >= 0.6 is 0 Å². The second-order valence-corrected chi connectivity index (χ2v) is 5.81. The quantitative estimate of drug-likeness (QED) is 0.504. The molecular weight excluding hydrogens is 280 g/mol. The topological polar surface area (TPSA) is 9.23 Å². The molecule has 0 aliphatic heterocycles. The van der Waals surface area contributed by atoms with E-state index in [0.29, 0.717) is 6.61 Å². The van der Waals surface area contributed by atoms with Crippen LogP contribution in [0, 0.1) is 18.8 Å². The van der Waals surface area contributed by atoms with Gasteiger partial charge in [-0.2, -0.15) is 0 Å². The second kappa shape index (κ2) is 9.06. The summed E-state index contributed by atoms with van der Waals surface area (Å²) < 4.78 is 5.51. The minimum atomic E-state index is 0.690. The molecule has 0 aliphatic rings. The fourth-order valence-corrected chi connectivity index (χ4v) is 2.51. The number of hydrogen-bond donors (Lipinski definition) is 0. The molecule has 0 bridgehead atoms. The average molecular weight is 306 g/mol. The number of rotatable bonds is 6. The van der Waals surface area contributed by atoms with E-state index in [4.69, 9.17) is 4.74 Å². The first-order valence-corrected chi connectivity index (χ1v) is 8.57. The maximum Gasteiger partial charge on any atom is 0.119 e. The van der Waals surface area contributed by atoms with E-state index in [-0.39, 0.29) is 0 Å². The maximum absolute atomic E-state index is 5.51. The molecule has 0 amide bonds. The average Bonchev–Trinajstić information content (AvgIpc) is 2.56. The molecule has 0 radical (unpaired) electrons. The SMILES string of the molecule is CCCCCc1ccc(C#Cc2ccc(OCC)cc2C)cc1. The smallest absolute Gasteiger partial charge is 0.119 e. The Bertz CT molecular complexity index is 671. The zero-order valence-electron chi connectivity index (χ0n) is 14.5. The van der Waals surface area contributed by atoms with E-state index in [9.17, 15) is 0 Å². The lowest BCUT2D eigenvalue weighted by Crippen LogP contribution is -1.92. The summed E-state index contributed by atoms with van der Waals surface area (Å²) >= 11 is 0. The van der Waals surface area contributed by atoms with Crippen LogP contribution in [0.2, 0.25) is 0 Å². The van der Waals surface area contributed by atoms with Crippen molar-refractivity contribution in [2.45, 2.75) is 46.5 Å². The summed E-state index contributed by atoms with van der Waals surface area (Å²) in [6.07, 6.45) is 5.01. The first-order valence-electron chi connectivity index (χ1n) is 8.57. The number of hydrogen-bond acceptors (Lipinski definition) is 1. The Balaban J connectivity index is 2.03. The van der Waals surface area contributed by atoms with Gasteiger partial charge in [-0.25, -0.2) is 0 Å². The Morgan fingerprint density at radius 3 is 2.35 bits per heavy atom. The third-order valence-electron chi connectivity index (χ3n) is 3.87. The molecule has 0 saturated carbocycles. The predicted molar refractivity (Wildman–Crippen MR) is 98.0 cm³/mol. The highest BCUT2D eigenvalue weighted by Gasteiger charge is 1.98. The Morgan fingerprint density at radius 1 is 0.913 bits per heavy atom. The molecule has 0 fully saturated rings. The van der Waals surface area contributed by atoms with Crippen molar-refractivity contribution in [2.24, 2.45) is 0 Å². The van der Waals surface area contributed by atoms with Gasteiger partial charge in [0.1, 0.15) is 5.75 Å². The van der Waals surface area contributed by atoms with Gasteiger partial charge in [0.2, 0.25) is 0 Å². The van der Waals surface area contributed by atoms with Gasteiger partial charge in [0.15, 0.2) is 0 Å². The van der Waals surface area contributed by atoms with E-state index in [0.717, 1.165) is 22.4 Å². The van der Waals surface area contributed by atoms with Crippen molar-refractivity contribution >= 4 is 0 Å². The first kappa shape index (κ1) is 17.2. The third kappa shape index (κ3) is 5.49. The summed E-state index contributed by atoms with van der Waals surface area (Å²) in [7, 11) is 0. The normalized spacial score (nSPS) is 10.0. The number of ether oxygens (including phenoxy) is 1. The van der Waals surface area contributed by atoms with Crippen LogP contribution in [0.3, 0.4) is 0 Å². The van der Waals surface area contributed by atoms with Gasteiger partial charge in [0.05, 0.1) is 6.61 Å². The molecule has 0 atom stereocenters. The highest BCUT2D eigenvalue weighted by atomic mass is 16.5. The standard InChI is InChI=1S/C22H26O/c1-4-6-7-8-19-9-11-20(12-10-19)13-14-21-15-16-22(23-5-2)17-18(21)3/h9-12,15-17H,4-8H2,1-3H3. The van der Waals surface area contributed by atoms with Gasteiger partial charge < -0.3 is 4.74 Å². The molecule has 0 heterocycles. The molecule has 0 unspecified atom stereocenters. The van der Waals surface area contributed by atoms with Crippen molar-refractivity contribution in [3.05, 3.63) is 64.7 Å². The van der Waals surface area contributed by atoms with Gasteiger partial charge in [0.25, 0.3) is 0 Å². The summed E-state index contributed by atoms with van der Waals surface area (Å²) in [6, 6.07) is 14.7. The third-order valence-corrected chi connectivity index (χ3v) is 3.87. The van der Waals surface area contributed by atoms with Gasteiger partial charge in [0, 0.05) is 11.1 Å². The van der Waals surface area contributed by atoms with Crippen molar-refractivity contribution in [1.29, 1.82) is 0 Å². The number of unbranched alkanes of at least 4 members (excludes halogenated alkanes) is 2. The molecule has 2 aromatic carbocycles. The summed E-state index contributed by atoms with van der Waals surface area (Å²) in [6.45, 7) is 7.00. The monoisotopic (exact) mass is 306 g/mol. The maximum atomic E-state index is 5.51. The van der Waals surface area contributed by atoms with Crippen LogP contribution in [0.1, 0.15) is 55.4 Å². The van der Waals surface area contributed by atoms with E-state index >= 15 is 0 Å². The van der Waals surface area contributed by atoms with Gasteiger partial charge in [-0.05, 0) is 68.1 Å². The van der Waals surface area contributed by atoms with Crippen LogP contribution in [-0.2, 0) is 6.42 Å². The molecule has 0 saturated heterocycles. The lowest BCUT2D eigenvalue weighted by atomic mass is 10.0.